The molecule has 170 valence electrons. The minimum Gasteiger partial charge on any atom is -0.368 e. The monoisotopic (exact) mass is 450 g/mol. The Labute approximate surface area is 190 Å². The summed E-state index contributed by atoms with van der Waals surface area (Å²) in [5.41, 5.74) is 3.45. The molecule has 0 saturated heterocycles. The quantitative estimate of drug-likeness (QED) is 0.350. The molecule has 0 radical (unpaired) electrons. The fraction of sp³-hybridized carbons (Fsp3) is 0.269. The van der Waals surface area contributed by atoms with Crippen LogP contribution in [0.25, 0.3) is 22.0 Å². The summed E-state index contributed by atoms with van der Waals surface area (Å²) < 4.78 is 40.5. The zero-order chi connectivity index (χ0) is 23.4. The molecule has 0 amide bonds. The summed E-state index contributed by atoms with van der Waals surface area (Å²) in [4.78, 5) is 4.19. The number of alkyl halides is 3. The number of nitrogens with zero attached hydrogens (tertiary/aromatic N) is 3. The van der Waals surface area contributed by atoms with Crippen LogP contribution in [-0.2, 0) is 25.4 Å². The van der Waals surface area contributed by atoms with Crippen LogP contribution in [0.3, 0.4) is 0 Å². The molecule has 0 aliphatic rings. The molecule has 0 fully saturated rings. The zero-order valence-electron chi connectivity index (χ0n) is 18.6. The molecule has 0 saturated carbocycles. The standard InChI is InChI=1S/C26H25F3N4/c1-3-17-5-7-18(8-6-17)9-10-19-15-20(26(27,28)29)11-12-21(19)24-22-13-14-30-16-23(22)25(31-4-2)33-32-24/h5-8,11-16H,3-4,9-10H2,1-2H3,(H,31,33). The number of hydrogen-bond acceptors (Lipinski definition) is 4. The van der Waals surface area contributed by atoms with Crippen molar-refractivity contribution < 1.29 is 13.2 Å². The molecule has 0 bridgehead atoms. The molecule has 33 heavy (non-hydrogen) atoms. The molecule has 0 unspecified atom stereocenters. The molecule has 0 atom stereocenters. The van der Waals surface area contributed by atoms with E-state index in [0.29, 0.717) is 42.0 Å². The molecule has 2 aromatic carbocycles. The van der Waals surface area contributed by atoms with E-state index < -0.39 is 11.7 Å². The van der Waals surface area contributed by atoms with E-state index >= 15 is 0 Å². The minimum absolute atomic E-state index is 0.452. The molecule has 0 aliphatic heterocycles. The van der Waals surface area contributed by atoms with Crippen LogP contribution in [0.5, 0.6) is 0 Å². The highest BCUT2D eigenvalue weighted by Crippen LogP contribution is 2.36. The lowest BCUT2D eigenvalue weighted by Crippen LogP contribution is -2.08. The van der Waals surface area contributed by atoms with E-state index in [0.717, 1.165) is 28.8 Å². The summed E-state index contributed by atoms with van der Waals surface area (Å²) in [5, 5.41) is 13.4. The third-order valence-electron chi connectivity index (χ3n) is 5.73. The number of fused-ring (bicyclic) bond motifs is 1. The van der Waals surface area contributed by atoms with Gasteiger partial charge < -0.3 is 5.32 Å². The highest BCUT2D eigenvalue weighted by Gasteiger charge is 2.31. The molecule has 0 spiro atoms. The van der Waals surface area contributed by atoms with Gasteiger partial charge in [0.25, 0.3) is 0 Å². The van der Waals surface area contributed by atoms with E-state index in [1.54, 1.807) is 12.4 Å². The lowest BCUT2D eigenvalue weighted by atomic mass is 9.93. The van der Waals surface area contributed by atoms with Gasteiger partial charge in [0, 0.05) is 35.3 Å². The Balaban J connectivity index is 1.78. The zero-order valence-corrected chi connectivity index (χ0v) is 18.6. The predicted molar refractivity (Wildman–Crippen MR) is 125 cm³/mol. The summed E-state index contributed by atoms with van der Waals surface area (Å²) >= 11 is 0. The van der Waals surface area contributed by atoms with Crippen molar-refractivity contribution in [3.05, 3.63) is 83.2 Å². The molecule has 1 N–H and O–H groups in total. The number of pyridine rings is 1. The number of halogens is 3. The lowest BCUT2D eigenvalue weighted by Gasteiger charge is -2.15. The summed E-state index contributed by atoms with van der Waals surface area (Å²) in [7, 11) is 0. The van der Waals surface area contributed by atoms with Crippen molar-refractivity contribution in [3.63, 3.8) is 0 Å². The van der Waals surface area contributed by atoms with Crippen molar-refractivity contribution in [1.82, 2.24) is 15.2 Å². The van der Waals surface area contributed by atoms with E-state index in [9.17, 15) is 13.2 Å². The van der Waals surface area contributed by atoms with E-state index in [1.807, 2.05) is 25.1 Å². The van der Waals surface area contributed by atoms with E-state index in [-0.39, 0.29) is 0 Å². The Hall–Kier alpha value is -3.48. The molecular formula is C26H25F3N4. The van der Waals surface area contributed by atoms with Crippen molar-refractivity contribution in [2.24, 2.45) is 0 Å². The van der Waals surface area contributed by atoms with Crippen molar-refractivity contribution in [3.8, 4) is 11.3 Å². The van der Waals surface area contributed by atoms with E-state index in [4.69, 9.17) is 0 Å². The minimum atomic E-state index is -4.41. The van der Waals surface area contributed by atoms with Gasteiger partial charge in [-0.15, -0.1) is 10.2 Å². The van der Waals surface area contributed by atoms with Crippen LogP contribution in [0.2, 0.25) is 0 Å². The topological polar surface area (TPSA) is 50.7 Å². The first kappa shape index (κ1) is 22.7. The number of aryl methyl sites for hydroxylation is 3. The predicted octanol–water partition coefficient (Wildman–Crippen LogP) is 6.49. The molecule has 4 rings (SSSR count). The second-order valence-electron chi connectivity index (χ2n) is 7.89. The Kier molecular flexibility index (Phi) is 6.58. The number of nitrogens with one attached hydrogen (secondary N) is 1. The summed E-state index contributed by atoms with van der Waals surface area (Å²) in [6.07, 6.45) is 0.964. The SMILES string of the molecule is CCNc1nnc(-c2ccc(C(F)(F)F)cc2CCc2ccc(CC)cc2)c2ccncc12. The first-order chi connectivity index (χ1) is 15.9. The second kappa shape index (κ2) is 9.57. The van der Waals surface area contributed by atoms with Gasteiger partial charge in [-0.25, -0.2) is 0 Å². The lowest BCUT2D eigenvalue weighted by molar-refractivity contribution is -0.137. The van der Waals surface area contributed by atoms with Crippen LogP contribution in [-0.4, -0.2) is 21.7 Å². The van der Waals surface area contributed by atoms with Gasteiger partial charge in [-0.2, -0.15) is 13.2 Å². The van der Waals surface area contributed by atoms with Crippen molar-refractivity contribution >= 4 is 16.6 Å². The summed E-state index contributed by atoms with van der Waals surface area (Å²) in [6, 6.07) is 13.9. The highest BCUT2D eigenvalue weighted by molar-refractivity contribution is 6.00. The van der Waals surface area contributed by atoms with Crippen molar-refractivity contribution in [1.29, 1.82) is 0 Å². The number of rotatable bonds is 7. The number of benzene rings is 2. The van der Waals surface area contributed by atoms with E-state index in [2.05, 4.69) is 39.6 Å². The average Bonchev–Trinajstić information content (AvgIpc) is 2.83. The van der Waals surface area contributed by atoms with Crippen LogP contribution >= 0.6 is 0 Å². The molecule has 4 aromatic rings. The number of aromatic nitrogens is 3. The van der Waals surface area contributed by atoms with Crippen molar-refractivity contribution in [2.45, 2.75) is 39.3 Å². The van der Waals surface area contributed by atoms with Crippen LogP contribution in [0, 0.1) is 0 Å². The van der Waals surface area contributed by atoms with Gasteiger partial charge >= 0.3 is 6.18 Å². The second-order valence-corrected chi connectivity index (χ2v) is 7.89. The maximum absolute atomic E-state index is 13.5. The van der Waals surface area contributed by atoms with Gasteiger partial charge in [-0.05, 0) is 61.1 Å². The average molecular weight is 451 g/mol. The van der Waals surface area contributed by atoms with Gasteiger partial charge in [0.15, 0.2) is 5.82 Å². The first-order valence-electron chi connectivity index (χ1n) is 11.0. The molecule has 2 aromatic heterocycles. The maximum Gasteiger partial charge on any atom is 0.416 e. The van der Waals surface area contributed by atoms with Gasteiger partial charge in [0.1, 0.15) is 5.69 Å². The number of hydrogen-bond donors (Lipinski definition) is 1. The summed E-state index contributed by atoms with van der Waals surface area (Å²) in [6.45, 7) is 4.71. The molecule has 0 aliphatic carbocycles. The molecule has 4 nitrogen and oxygen atoms in total. The Bertz CT molecular complexity index is 1250. The van der Waals surface area contributed by atoms with E-state index in [1.165, 1.54) is 17.7 Å². The van der Waals surface area contributed by atoms with Crippen LogP contribution in [0.15, 0.2) is 60.9 Å². The molecule has 2 heterocycles. The Morgan fingerprint density at radius 1 is 0.848 bits per heavy atom. The van der Waals surface area contributed by atoms with Crippen LogP contribution in [0.1, 0.15) is 36.1 Å². The van der Waals surface area contributed by atoms with Gasteiger partial charge in [-0.1, -0.05) is 37.3 Å². The Morgan fingerprint density at radius 3 is 2.30 bits per heavy atom. The van der Waals surface area contributed by atoms with Crippen molar-refractivity contribution in [2.75, 3.05) is 11.9 Å². The first-order valence-corrected chi connectivity index (χ1v) is 11.0. The van der Waals surface area contributed by atoms with Gasteiger partial charge in [-0.3, -0.25) is 4.98 Å². The van der Waals surface area contributed by atoms with Crippen LogP contribution in [0.4, 0.5) is 19.0 Å². The maximum atomic E-state index is 13.5. The molecular weight excluding hydrogens is 425 g/mol. The summed E-state index contributed by atoms with van der Waals surface area (Å²) in [5.74, 6) is 0.605. The third kappa shape index (κ3) is 4.97. The normalized spacial score (nSPS) is 11.7. The fourth-order valence-electron chi connectivity index (χ4n) is 3.92. The van der Waals surface area contributed by atoms with Gasteiger partial charge in [0.05, 0.1) is 5.56 Å². The fourth-order valence-corrected chi connectivity index (χ4v) is 3.92. The third-order valence-corrected chi connectivity index (χ3v) is 5.73. The van der Waals surface area contributed by atoms with Gasteiger partial charge in [0.2, 0.25) is 0 Å². The Morgan fingerprint density at radius 2 is 1.61 bits per heavy atom. The number of anilines is 1. The van der Waals surface area contributed by atoms with Crippen LogP contribution < -0.4 is 5.32 Å². The smallest absolute Gasteiger partial charge is 0.368 e. The largest absolute Gasteiger partial charge is 0.416 e. The highest BCUT2D eigenvalue weighted by atomic mass is 19.4. The molecule has 7 heteroatoms.